The lowest BCUT2D eigenvalue weighted by molar-refractivity contribution is 0.106. The van der Waals surface area contributed by atoms with E-state index in [9.17, 15) is 0 Å². The predicted molar refractivity (Wildman–Crippen MR) is 56.1 cm³/mol. The molecule has 0 aliphatic carbocycles. The van der Waals surface area contributed by atoms with Crippen molar-refractivity contribution in [1.29, 1.82) is 0 Å². The van der Waals surface area contributed by atoms with Crippen molar-refractivity contribution >= 4 is 5.69 Å². The topological polar surface area (TPSA) is 21.7 Å². The Kier molecular flexibility index (Phi) is 2.23. The van der Waals surface area contributed by atoms with Crippen LogP contribution in [0.1, 0.15) is 13.8 Å². The highest BCUT2D eigenvalue weighted by molar-refractivity contribution is 5.61. The first kappa shape index (κ1) is 9.19. The summed E-state index contributed by atoms with van der Waals surface area (Å²) < 4.78 is 10.7. The summed E-state index contributed by atoms with van der Waals surface area (Å²) in [6, 6.07) is 6.39. The lowest BCUT2D eigenvalue weighted by atomic mass is 10.2. The molecule has 0 amide bonds. The molecule has 3 nitrogen and oxygen atoms in total. The van der Waals surface area contributed by atoms with Crippen LogP contribution in [0.25, 0.3) is 0 Å². The van der Waals surface area contributed by atoms with Gasteiger partial charge in [-0.25, -0.2) is 0 Å². The molecule has 0 spiro atoms. The molecule has 2 rings (SSSR count). The van der Waals surface area contributed by atoms with E-state index in [2.05, 4.69) is 25.8 Å². The van der Waals surface area contributed by atoms with E-state index in [0.29, 0.717) is 12.8 Å². The molecule has 0 saturated carbocycles. The second-order valence-electron chi connectivity index (χ2n) is 3.74. The van der Waals surface area contributed by atoms with Gasteiger partial charge in [0.05, 0.1) is 5.69 Å². The van der Waals surface area contributed by atoms with Crippen molar-refractivity contribution in [2.45, 2.75) is 19.9 Å². The van der Waals surface area contributed by atoms with E-state index in [1.807, 2.05) is 18.2 Å². The van der Waals surface area contributed by atoms with E-state index in [-0.39, 0.29) is 0 Å². The number of ether oxygens (including phenoxy) is 2. The highest BCUT2D eigenvalue weighted by Crippen LogP contribution is 2.35. The van der Waals surface area contributed by atoms with Gasteiger partial charge in [-0.05, 0) is 26.0 Å². The molecule has 76 valence electrons. The third kappa shape index (κ3) is 1.50. The molecule has 3 heteroatoms. The van der Waals surface area contributed by atoms with E-state index in [0.717, 1.165) is 17.2 Å². The summed E-state index contributed by atoms with van der Waals surface area (Å²) in [5.74, 6) is 1.79. The number of benzene rings is 1. The number of rotatable bonds is 2. The first-order valence-corrected chi connectivity index (χ1v) is 4.81. The molecule has 1 aromatic carbocycles. The van der Waals surface area contributed by atoms with Crippen LogP contribution in [-0.4, -0.2) is 19.9 Å². The number of hydrogen-bond donors (Lipinski definition) is 0. The molecule has 0 fully saturated rings. The summed E-state index contributed by atoms with van der Waals surface area (Å²) in [7, 11) is 2.06. The lowest BCUT2D eigenvalue weighted by Crippen LogP contribution is -2.27. The van der Waals surface area contributed by atoms with Crippen molar-refractivity contribution in [1.82, 2.24) is 0 Å². The first-order valence-electron chi connectivity index (χ1n) is 4.81. The summed E-state index contributed by atoms with van der Waals surface area (Å²) in [5, 5.41) is 0. The Hall–Kier alpha value is -1.38. The molecule has 2 bridgehead atoms. The van der Waals surface area contributed by atoms with E-state index in [1.165, 1.54) is 0 Å². The Morgan fingerprint density at radius 3 is 2.79 bits per heavy atom. The summed E-state index contributed by atoms with van der Waals surface area (Å²) in [6.07, 6.45) is 0. The SMILES string of the molecule is CC(C)N(C)c1ccc2cc1OCO2. The van der Waals surface area contributed by atoms with Gasteiger partial charge in [-0.3, -0.25) is 0 Å². The molecule has 1 aromatic rings. The van der Waals surface area contributed by atoms with Crippen LogP contribution in [-0.2, 0) is 0 Å². The van der Waals surface area contributed by atoms with Crippen LogP contribution in [0.4, 0.5) is 5.69 Å². The van der Waals surface area contributed by atoms with Gasteiger partial charge in [-0.1, -0.05) is 0 Å². The molecular formula is C11H15NO2. The predicted octanol–water partition coefficient (Wildman–Crippen LogP) is 2.26. The molecule has 1 heterocycles. The Bertz CT molecular complexity index is 336. The van der Waals surface area contributed by atoms with Gasteiger partial charge >= 0.3 is 0 Å². The maximum atomic E-state index is 5.42. The van der Waals surface area contributed by atoms with Gasteiger partial charge in [0.2, 0.25) is 6.79 Å². The number of anilines is 1. The summed E-state index contributed by atoms with van der Waals surface area (Å²) in [4.78, 5) is 2.18. The maximum absolute atomic E-state index is 5.42. The molecule has 0 N–H and O–H groups in total. The van der Waals surface area contributed by atoms with Crippen LogP contribution in [0, 0.1) is 0 Å². The molecule has 1 aliphatic rings. The Morgan fingerprint density at radius 1 is 1.29 bits per heavy atom. The van der Waals surface area contributed by atoms with Crippen LogP contribution in [0.5, 0.6) is 11.5 Å². The van der Waals surface area contributed by atoms with Crippen molar-refractivity contribution < 1.29 is 9.47 Å². The molecule has 14 heavy (non-hydrogen) atoms. The van der Waals surface area contributed by atoms with E-state index in [4.69, 9.17) is 9.47 Å². The molecule has 0 aromatic heterocycles. The first-order chi connectivity index (χ1) is 6.68. The average molecular weight is 193 g/mol. The standard InChI is InChI=1S/C11H15NO2/c1-8(2)12(3)10-5-4-9-6-11(10)14-7-13-9/h4-6,8H,7H2,1-3H3. The number of nitrogens with zero attached hydrogens (tertiary/aromatic N) is 1. The van der Waals surface area contributed by atoms with Crippen LogP contribution >= 0.6 is 0 Å². The summed E-state index contributed by atoms with van der Waals surface area (Å²) in [6.45, 7) is 4.63. The Morgan fingerprint density at radius 2 is 2.07 bits per heavy atom. The highest BCUT2D eigenvalue weighted by Gasteiger charge is 2.15. The van der Waals surface area contributed by atoms with Gasteiger partial charge in [-0.15, -0.1) is 0 Å². The van der Waals surface area contributed by atoms with Gasteiger partial charge in [0, 0.05) is 19.2 Å². The second-order valence-corrected chi connectivity index (χ2v) is 3.74. The van der Waals surface area contributed by atoms with Gasteiger partial charge in [0.15, 0.2) is 5.75 Å². The highest BCUT2D eigenvalue weighted by atomic mass is 16.7. The molecule has 0 radical (unpaired) electrons. The zero-order valence-electron chi connectivity index (χ0n) is 8.78. The molecule has 1 aliphatic heterocycles. The van der Waals surface area contributed by atoms with Crippen LogP contribution in [0.3, 0.4) is 0 Å². The van der Waals surface area contributed by atoms with Crippen molar-refractivity contribution in [3.05, 3.63) is 18.2 Å². The molecule has 0 atom stereocenters. The van der Waals surface area contributed by atoms with Crippen LogP contribution in [0.2, 0.25) is 0 Å². The smallest absolute Gasteiger partial charge is 0.231 e. The zero-order chi connectivity index (χ0) is 10.1. The van der Waals surface area contributed by atoms with Crippen molar-refractivity contribution in [2.75, 3.05) is 18.7 Å². The summed E-state index contributed by atoms with van der Waals surface area (Å²) >= 11 is 0. The fraction of sp³-hybridized carbons (Fsp3) is 0.455. The quantitative estimate of drug-likeness (QED) is 0.719. The average Bonchev–Trinajstić information content (AvgIpc) is 2.17. The Balaban J connectivity index is 2.35. The fourth-order valence-corrected chi connectivity index (χ4v) is 1.43. The number of hydrogen-bond acceptors (Lipinski definition) is 3. The van der Waals surface area contributed by atoms with Crippen LogP contribution in [0.15, 0.2) is 18.2 Å². The minimum absolute atomic E-state index is 0.320. The van der Waals surface area contributed by atoms with E-state index >= 15 is 0 Å². The van der Waals surface area contributed by atoms with Crippen LogP contribution < -0.4 is 14.4 Å². The third-order valence-corrected chi connectivity index (χ3v) is 2.53. The minimum atomic E-state index is 0.320. The molecular weight excluding hydrogens is 178 g/mol. The normalized spacial score (nSPS) is 13.4. The molecule has 0 saturated heterocycles. The Labute approximate surface area is 84.2 Å². The fourth-order valence-electron chi connectivity index (χ4n) is 1.43. The third-order valence-electron chi connectivity index (χ3n) is 2.53. The monoisotopic (exact) mass is 193 g/mol. The van der Waals surface area contributed by atoms with E-state index in [1.54, 1.807) is 0 Å². The largest absolute Gasteiger partial charge is 0.457 e. The zero-order valence-corrected chi connectivity index (χ0v) is 8.78. The van der Waals surface area contributed by atoms with Crippen molar-refractivity contribution in [3.8, 4) is 11.5 Å². The van der Waals surface area contributed by atoms with Gasteiger partial charge < -0.3 is 14.4 Å². The van der Waals surface area contributed by atoms with Gasteiger partial charge in [0.25, 0.3) is 0 Å². The van der Waals surface area contributed by atoms with Gasteiger partial charge in [0.1, 0.15) is 5.75 Å². The number of fused-ring (bicyclic) bond motifs is 2. The second kappa shape index (κ2) is 3.40. The molecule has 0 unspecified atom stereocenters. The van der Waals surface area contributed by atoms with Crippen molar-refractivity contribution in [2.24, 2.45) is 0 Å². The summed E-state index contributed by atoms with van der Waals surface area (Å²) in [5.41, 5.74) is 1.12. The maximum Gasteiger partial charge on any atom is 0.231 e. The lowest BCUT2D eigenvalue weighted by Gasteiger charge is -2.28. The van der Waals surface area contributed by atoms with Crippen molar-refractivity contribution in [3.63, 3.8) is 0 Å². The van der Waals surface area contributed by atoms with E-state index < -0.39 is 0 Å². The van der Waals surface area contributed by atoms with Gasteiger partial charge in [-0.2, -0.15) is 0 Å². The minimum Gasteiger partial charge on any atom is -0.457 e.